The van der Waals surface area contributed by atoms with Crippen molar-refractivity contribution in [1.29, 1.82) is 0 Å². The van der Waals surface area contributed by atoms with E-state index in [9.17, 15) is 0 Å². The largest absolute Gasteiger partial charge is 0.384 e. The van der Waals surface area contributed by atoms with E-state index < -0.39 is 0 Å². The Hall–Kier alpha value is -0.800. The Kier molecular flexibility index (Phi) is 2.89. The first-order chi connectivity index (χ1) is 6.75. The highest BCUT2D eigenvalue weighted by atomic mass is 35.5. The molecule has 0 aromatic carbocycles. The lowest BCUT2D eigenvalue weighted by Gasteiger charge is -2.25. The third-order valence-electron chi connectivity index (χ3n) is 2.45. The van der Waals surface area contributed by atoms with Crippen LogP contribution < -0.4 is 5.73 Å². The van der Waals surface area contributed by atoms with Crippen LogP contribution in [0.3, 0.4) is 0 Å². The van der Waals surface area contributed by atoms with Crippen LogP contribution in [0.4, 0.5) is 5.82 Å². The summed E-state index contributed by atoms with van der Waals surface area (Å²) < 4.78 is 5.60. The van der Waals surface area contributed by atoms with Crippen LogP contribution >= 0.6 is 11.6 Å². The molecule has 1 aromatic heterocycles. The third kappa shape index (κ3) is 2.16. The monoisotopic (exact) mass is 212 g/mol. The summed E-state index contributed by atoms with van der Waals surface area (Å²) in [4.78, 5) is 4.12. The zero-order valence-electron chi connectivity index (χ0n) is 7.87. The Morgan fingerprint density at radius 3 is 2.93 bits per heavy atom. The Labute approximate surface area is 88.2 Å². The summed E-state index contributed by atoms with van der Waals surface area (Å²) in [6.45, 7) is 0.467. The summed E-state index contributed by atoms with van der Waals surface area (Å²) >= 11 is 5.94. The van der Waals surface area contributed by atoms with Crippen LogP contribution in [0.2, 0.25) is 5.02 Å². The summed E-state index contributed by atoms with van der Waals surface area (Å²) in [7, 11) is 0. The molecule has 0 radical (unpaired) electrons. The third-order valence-corrected chi connectivity index (χ3v) is 2.79. The number of aromatic nitrogens is 1. The minimum Gasteiger partial charge on any atom is -0.384 e. The highest BCUT2D eigenvalue weighted by molar-refractivity contribution is 6.31. The number of halogens is 1. The van der Waals surface area contributed by atoms with Gasteiger partial charge in [-0.15, -0.1) is 0 Å². The van der Waals surface area contributed by atoms with Crippen LogP contribution in [0, 0.1) is 0 Å². The molecule has 0 amide bonds. The maximum absolute atomic E-state index is 5.94. The number of nitrogen functional groups attached to an aromatic ring is 1. The van der Waals surface area contributed by atoms with Crippen molar-refractivity contribution in [3.8, 4) is 0 Å². The molecule has 1 aromatic rings. The smallest absolute Gasteiger partial charge is 0.123 e. The van der Waals surface area contributed by atoms with E-state index in [0.717, 1.165) is 18.5 Å². The van der Waals surface area contributed by atoms with Gasteiger partial charge < -0.3 is 10.5 Å². The van der Waals surface area contributed by atoms with Gasteiger partial charge in [0.1, 0.15) is 5.82 Å². The van der Waals surface area contributed by atoms with Crippen LogP contribution in [0.25, 0.3) is 0 Å². The zero-order valence-corrected chi connectivity index (χ0v) is 8.63. The Morgan fingerprint density at radius 2 is 2.29 bits per heavy atom. The molecular weight excluding hydrogens is 200 g/mol. The number of nitrogens with zero attached hydrogens (tertiary/aromatic N) is 1. The second-order valence-electron chi connectivity index (χ2n) is 3.53. The molecule has 0 atom stereocenters. The Bertz CT molecular complexity index is 326. The highest BCUT2D eigenvalue weighted by Gasteiger charge is 2.18. The molecule has 0 saturated heterocycles. The molecule has 0 spiro atoms. The van der Waals surface area contributed by atoms with Crippen molar-refractivity contribution in [1.82, 2.24) is 4.98 Å². The molecule has 2 rings (SSSR count). The SMILES string of the molecule is Nc1ccc(Cl)c(COC2CCC2)n1. The molecule has 14 heavy (non-hydrogen) atoms. The van der Waals surface area contributed by atoms with E-state index in [1.165, 1.54) is 6.42 Å². The van der Waals surface area contributed by atoms with E-state index in [1.807, 2.05) is 0 Å². The lowest BCUT2D eigenvalue weighted by Crippen LogP contribution is -2.21. The van der Waals surface area contributed by atoms with E-state index >= 15 is 0 Å². The molecule has 4 heteroatoms. The standard InChI is InChI=1S/C10H13ClN2O/c11-8-4-5-10(12)13-9(8)6-14-7-2-1-3-7/h4-5,7H,1-3,6H2,(H2,12,13). The predicted octanol–water partition coefficient (Wildman–Crippen LogP) is 2.39. The van der Waals surface area contributed by atoms with E-state index in [-0.39, 0.29) is 0 Å². The first-order valence-electron chi connectivity index (χ1n) is 4.78. The molecular formula is C10H13ClN2O. The van der Waals surface area contributed by atoms with Gasteiger partial charge in [0.2, 0.25) is 0 Å². The van der Waals surface area contributed by atoms with Gasteiger partial charge in [-0.2, -0.15) is 0 Å². The molecule has 76 valence electrons. The van der Waals surface area contributed by atoms with Crippen LogP contribution in [-0.4, -0.2) is 11.1 Å². The van der Waals surface area contributed by atoms with Gasteiger partial charge in [-0.05, 0) is 31.4 Å². The number of pyridine rings is 1. The van der Waals surface area contributed by atoms with Crippen LogP contribution in [0.15, 0.2) is 12.1 Å². The minimum absolute atomic E-state index is 0.397. The molecule has 2 N–H and O–H groups in total. The van der Waals surface area contributed by atoms with E-state index in [4.69, 9.17) is 22.1 Å². The van der Waals surface area contributed by atoms with Crippen molar-refractivity contribution in [2.45, 2.75) is 32.0 Å². The first-order valence-corrected chi connectivity index (χ1v) is 5.16. The summed E-state index contributed by atoms with van der Waals surface area (Å²) in [5.74, 6) is 0.488. The number of hydrogen-bond acceptors (Lipinski definition) is 3. The van der Waals surface area contributed by atoms with Crippen molar-refractivity contribution < 1.29 is 4.74 Å². The average molecular weight is 213 g/mol. The Balaban J connectivity index is 1.96. The van der Waals surface area contributed by atoms with Gasteiger partial charge in [-0.3, -0.25) is 0 Å². The fraction of sp³-hybridized carbons (Fsp3) is 0.500. The maximum Gasteiger partial charge on any atom is 0.123 e. The fourth-order valence-electron chi connectivity index (χ4n) is 1.34. The van der Waals surface area contributed by atoms with Gasteiger partial charge in [0.15, 0.2) is 0 Å². The van der Waals surface area contributed by atoms with Crippen molar-refractivity contribution in [3.05, 3.63) is 22.8 Å². The topological polar surface area (TPSA) is 48.1 Å². The van der Waals surface area contributed by atoms with Crippen molar-refractivity contribution >= 4 is 17.4 Å². The van der Waals surface area contributed by atoms with E-state index in [1.54, 1.807) is 12.1 Å². The van der Waals surface area contributed by atoms with Crippen LogP contribution in [0.1, 0.15) is 25.0 Å². The van der Waals surface area contributed by atoms with Gasteiger partial charge in [0, 0.05) is 0 Å². The molecule has 1 saturated carbocycles. The second kappa shape index (κ2) is 4.15. The van der Waals surface area contributed by atoms with Gasteiger partial charge in [-0.25, -0.2) is 4.98 Å². The van der Waals surface area contributed by atoms with Crippen molar-refractivity contribution in [2.75, 3.05) is 5.73 Å². The summed E-state index contributed by atoms with van der Waals surface area (Å²) in [5, 5.41) is 0.624. The maximum atomic E-state index is 5.94. The molecule has 0 aliphatic heterocycles. The highest BCUT2D eigenvalue weighted by Crippen LogP contribution is 2.24. The normalized spacial score (nSPS) is 16.6. The number of rotatable bonds is 3. The summed E-state index contributed by atoms with van der Waals surface area (Å²) in [6.07, 6.45) is 3.97. The molecule has 3 nitrogen and oxygen atoms in total. The van der Waals surface area contributed by atoms with Crippen LogP contribution in [-0.2, 0) is 11.3 Å². The zero-order chi connectivity index (χ0) is 9.97. The van der Waals surface area contributed by atoms with E-state index in [2.05, 4.69) is 4.98 Å². The molecule has 1 fully saturated rings. The van der Waals surface area contributed by atoms with Gasteiger partial charge in [-0.1, -0.05) is 11.6 Å². The molecule has 0 bridgehead atoms. The number of ether oxygens (including phenoxy) is 1. The summed E-state index contributed by atoms with van der Waals surface area (Å²) in [6, 6.07) is 3.44. The van der Waals surface area contributed by atoms with Gasteiger partial charge in [0.25, 0.3) is 0 Å². The predicted molar refractivity (Wildman–Crippen MR) is 56.1 cm³/mol. The lowest BCUT2D eigenvalue weighted by atomic mass is 9.96. The average Bonchev–Trinajstić information content (AvgIpc) is 2.08. The number of anilines is 1. The molecule has 1 aliphatic carbocycles. The molecule has 1 aliphatic rings. The van der Waals surface area contributed by atoms with Crippen LogP contribution in [0.5, 0.6) is 0 Å². The second-order valence-corrected chi connectivity index (χ2v) is 3.94. The quantitative estimate of drug-likeness (QED) is 0.837. The number of hydrogen-bond donors (Lipinski definition) is 1. The van der Waals surface area contributed by atoms with Crippen molar-refractivity contribution in [3.63, 3.8) is 0 Å². The van der Waals surface area contributed by atoms with Gasteiger partial charge in [0.05, 0.1) is 23.4 Å². The minimum atomic E-state index is 0.397. The van der Waals surface area contributed by atoms with E-state index in [0.29, 0.717) is 23.6 Å². The molecule has 0 unspecified atom stereocenters. The van der Waals surface area contributed by atoms with Crippen molar-refractivity contribution in [2.24, 2.45) is 0 Å². The first kappa shape index (κ1) is 9.74. The fourth-order valence-corrected chi connectivity index (χ4v) is 1.50. The Morgan fingerprint density at radius 1 is 1.50 bits per heavy atom. The lowest BCUT2D eigenvalue weighted by molar-refractivity contribution is -0.00999. The summed E-state index contributed by atoms with van der Waals surface area (Å²) in [5.41, 5.74) is 6.29. The van der Waals surface area contributed by atoms with Gasteiger partial charge >= 0.3 is 0 Å². The number of nitrogens with two attached hydrogens (primary N) is 1. The molecule has 1 heterocycles.